The Morgan fingerprint density at radius 2 is 0.964 bits per heavy atom. The second-order valence-corrected chi connectivity index (χ2v) is 39.2. The minimum absolute atomic E-state index is 0.0415. The molecule has 10 N–H and O–H groups in total. The molecule has 10 fully saturated rings. The fourth-order valence-electron chi connectivity index (χ4n) is 17.0. The van der Waals surface area contributed by atoms with Crippen molar-refractivity contribution in [2.45, 2.75) is 233 Å². The van der Waals surface area contributed by atoms with Crippen LogP contribution in [0.2, 0.25) is 0 Å². The van der Waals surface area contributed by atoms with E-state index in [1.54, 1.807) is 23.0 Å². The highest BCUT2D eigenvalue weighted by atomic mass is 79.9. The number of fused-ring (bicyclic) bond motifs is 5. The molecule has 0 radical (unpaired) electrons. The Morgan fingerprint density at radius 3 is 1.38 bits per heavy atom. The predicted molar refractivity (Wildman–Crippen MR) is 429 cm³/mol. The Balaban J connectivity index is 0.000000266. The highest BCUT2D eigenvalue weighted by Gasteiger charge is 2.52. The lowest BCUT2D eigenvalue weighted by molar-refractivity contribution is -0.140. The van der Waals surface area contributed by atoms with Gasteiger partial charge < -0.3 is 42.5 Å². The van der Waals surface area contributed by atoms with Crippen molar-refractivity contribution in [1.29, 1.82) is 0 Å². The van der Waals surface area contributed by atoms with Crippen LogP contribution in [-0.4, -0.2) is 184 Å². The maximum Gasteiger partial charge on any atom is 0.516 e. The third kappa shape index (κ3) is 35.3. The van der Waals surface area contributed by atoms with Gasteiger partial charge in [0.25, 0.3) is 0 Å². The number of hydrogen-bond donors (Lipinski definition) is 10. The van der Waals surface area contributed by atoms with Gasteiger partial charge in [-0.3, -0.25) is 24.0 Å². The number of thiol groups is 1. The summed E-state index contributed by atoms with van der Waals surface area (Å²) in [7, 11) is -12.3. The SMILES string of the molecule is NCC1C=CCCC1.O=C(CBr)N(CC1C=CCCC1)S(=O)(=O)C(F)(F)F.O=C(Cl)CBr.O=C(O)C1NCC2CCCCC21.O=C1CC2CCCCC2CN1.O=C1NCC2CCCCC2C1Cl.O=S(=O)(Cl)C(F)(F)F.O=S(=O)(NCC1C=CCCC1)C(F)(F)F.OCC1NCC2CCCCC21.SCC1NCC2CCCCC21. The van der Waals surface area contributed by atoms with E-state index in [1.807, 2.05) is 6.08 Å². The topological polar surface area (TPSA) is 330 Å². The zero-order valence-corrected chi connectivity index (χ0v) is 72.1. The molecule has 5 heterocycles. The standard InChI is InChI=1S/C10H13BrF3NO3S.C9H14ClNO.C9H15NO2.C9H17NO.C9H15NO.C9H17NS.C8H12F3NO2S.C7H13N.C2H2BrClO.CClF3O2S/c11-6-9(16)15(19(17,18)10(12,13)14)7-8-4-2-1-3-5-8;10-8-7-4-2-1-3-6(7)5-11-9(8)12;11-9(12)8-7-4-2-1-3-6(7)5-10-8;11-6-9-8-4-2-1-3-7(8)5-10-9;11-9-5-7-3-1-2-4-8(7)6-10-9;11-6-9-8-4-2-1-3-7(8)5-10-9;9-8(10,11)15(13,14)12-6-7-4-2-1-3-5-7;8-6-7-4-2-1-3-5-7;3-1-2(4)5;2-8(6,7)1(3,4)5/h2,4,8H,1,3,5-7H2;6-8H,1-5H2,(H,11,12);6-8,10H,1-5H2,(H,11,12);7-11H,1-6H2;7-8H,1-6H2,(H,10,11);7-11H,1-6H2;2,4,7,12H,1,3,5-6H2;2,4,7H,1,3,5-6,8H2;1H2;. The number of aliphatic hydroxyl groups is 1. The van der Waals surface area contributed by atoms with Crippen LogP contribution in [0.1, 0.15) is 193 Å². The van der Waals surface area contributed by atoms with E-state index in [-0.39, 0.29) is 56.5 Å². The zero-order valence-electron chi connectivity index (χ0n) is 63.4. The maximum atomic E-state index is 12.5. The summed E-state index contributed by atoms with van der Waals surface area (Å²) >= 11 is 20.7. The van der Waals surface area contributed by atoms with E-state index in [0.29, 0.717) is 48.7 Å². The Bertz CT molecular complexity index is 3250. The highest BCUT2D eigenvalue weighted by molar-refractivity contribution is 9.09. The fourth-order valence-corrected chi connectivity index (χ4v) is 19.8. The molecule has 0 aromatic carbocycles. The number of alkyl halides is 12. The summed E-state index contributed by atoms with van der Waals surface area (Å²) in [5.41, 5.74) is -10.6. The number of piperidine rings is 2. The molecule has 21 nitrogen and oxygen atoms in total. The van der Waals surface area contributed by atoms with Crippen molar-refractivity contribution >= 4 is 136 Å². The van der Waals surface area contributed by atoms with Gasteiger partial charge in [0, 0.05) is 61.1 Å². The van der Waals surface area contributed by atoms with Crippen LogP contribution in [0.4, 0.5) is 39.5 Å². The molecule has 17 atom stereocenters. The van der Waals surface area contributed by atoms with E-state index in [9.17, 15) is 88.7 Å². The third-order valence-corrected chi connectivity index (χ3v) is 29.2. The van der Waals surface area contributed by atoms with Crippen LogP contribution >= 0.6 is 78.4 Å². The van der Waals surface area contributed by atoms with Crippen molar-refractivity contribution < 1.29 is 99.0 Å². The average Bonchev–Trinajstić information content (AvgIpc) is 1.35. The smallest absolute Gasteiger partial charge is 0.480 e. The molecule has 13 rings (SSSR count). The number of aliphatic carboxylic acids is 1. The Morgan fingerprint density at radius 1 is 0.554 bits per heavy atom. The van der Waals surface area contributed by atoms with Crippen LogP contribution in [0.25, 0.3) is 0 Å². The minimum Gasteiger partial charge on any atom is -0.480 e. The Hall–Kier alpha value is -2.07. The minimum atomic E-state index is -5.63. The molecule has 650 valence electrons. The lowest BCUT2D eigenvalue weighted by Gasteiger charge is -2.38. The molecule has 8 aliphatic carbocycles. The van der Waals surface area contributed by atoms with Gasteiger partial charge in [-0.1, -0.05) is 133 Å². The van der Waals surface area contributed by atoms with Gasteiger partial charge in [0.15, 0.2) is 0 Å². The Labute approximate surface area is 693 Å². The molecule has 39 heteroatoms. The van der Waals surface area contributed by atoms with Crippen LogP contribution in [0, 0.1) is 76.9 Å². The number of hydrogen-bond acceptors (Lipinski definition) is 17. The monoisotopic (exact) mass is 1880 g/mol. The van der Waals surface area contributed by atoms with Crippen molar-refractivity contribution in [3.63, 3.8) is 0 Å². The molecule has 13 aliphatic rings. The number of carbonyl (C=O) groups is 5. The zero-order chi connectivity index (χ0) is 83.5. The summed E-state index contributed by atoms with van der Waals surface area (Å²) in [6, 6.07) is 0.888. The quantitative estimate of drug-likeness (QED) is 0.0285. The molecule has 5 saturated carbocycles. The van der Waals surface area contributed by atoms with E-state index in [2.05, 4.69) is 93.9 Å². The first-order valence-electron chi connectivity index (χ1n) is 39.3. The van der Waals surface area contributed by atoms with E-state index < -0.39 is 69.4 Å². The van der Waals surface area contributed by atoms with Gasteiger partial charge in [-0.2, -0.15) is 60.6 Å². The number of carbonyl (C=O) groups excluding carboxylic acids is 4. The van der Waals surface area contributed by atoms with Gasteiger partial charge in [-0.05, 0) is 237 Å². The number of allylic oxidation sites excluding steroid dienone is 3. The number of halogens is 14. The first-order chi connectivity index (χ1) is 52.7. The van der Waals surface area contributed by atoms with Crippen LogP contribution in [0.3, 0.4) is 0 Å². The molecule has 17 unspecified atom stereocenters. The number of amides is 3. The number of nitrogens with two attached hydrogens (primary N) is 1. The number of nitrogens with one attached hydrogen (secondary N) is 6. The van der Waals surface area contributed by atoms with Gasteiger partial charge in [0.1, 0.15) is 11.4 Å². The van der Waals surface area contributed by atoms with Crippen LogP contribution < -0.4 is 37.0 Å². The number of aliphatic hydroxyl groups excluding tert-OH is 1. The van der Waals surface area contributed by atoms with E-state index in [0.717, 1.165) is 131 Å². The lowest BCUT2D eigenvalue weighted by atomic mass is 9.75. The number of carboxylic acids is 1. The predicted octanol–water partition coefficient (Wildman–Crippen LogP) is 13.9. The average molecular weight is 1880 g/mol. The second kappa shape index (κ2) is 51.5. The van der Waals surface area contributed by atoms with Crippen molar-refractivity contribution in [3.05, 3.63) is 36.5 Å². The van der Waals surface area contributed by atoms with Crippen molar-refractivity contribution in [1.82, 2.24) is 35.6 Å². The third-order valence-electron chi connectivity index (χ3n) is 23.1. The van der Waals surface area contributed by atoms with Crippen molar-refractivity contribution in [2.75, 3.05) is 75.4 Å². The summed E-state index contributed by atoms with van der Waals surface area (Å²) in [5.74, 6) is 7.04. The van der Waals surface area contributed by atoms with Crippen molar-refractivity contribution in [3.8, 4) is 0 Å². The number of nitrogens with zero attached hydrogens (tertiary/aromatic N) is 1. The van der Waals surface area contributed by atoms with Crippen molar-refractivity contribution in [2.24, 2.45) is 82.7 Å². The van der Waals surface area contributed by atoms with Gasteiger partial charge in [-0.25, -0.2) is 25.9 Å². The normalized spacial score (nSPS) is 31.1. The largest absolute Gasteiger partial charge is 0.516 e. The lowest BCUT2D eigenvalue weighted by Crippen LogP contribution is -2.49. The van der Waals surface area contributed by atoms with E-state index in [4.69, 9.17) is 39.1 Å². The second-order valence-electron chi connectivity index (χ2n) is 30.7. The summed E-state index contributed by atoms with van der Waals surface area (Å²) < 4.78 is 170. The number of sulfonamides is 2. The molecule has 0 aromatic rings. The van der Waals surface area contributed by atoms with Gasteiger partial charge in [-0.15, -0.1) is 11.6 Å². The first-order valence-corrected chi connectivity index (χ1v) is 48.2. The maximum absolute atomic E-state index is 12.5. The number of rotatable bonds is 12. The summed E-state index contributed by atoms with van der Waals surface area (Å²) in [4.78, 5) is 54.0. The summed E-state index contributed by atoms with van der Waals surface area (Å²) in [5, 5.41) is 33.0. The van der Waals surface area contributed by atoms with Gasteiger partial charge in [0.05, 0.1) is 17.3 Å². The fraction of sp³-hybridized carbons (Fsp3) is 0.849. The van der Waals surface area contributed by atoms with Crippen LogP contribution in [-0.2, 0) is 53.1 Å². The summed E-state index contributed by atoms with van der Waals surface area (Å²) in [6.07, 6.45) is 47.3. The molecule has 0 bridgehead atoms. The molecular formula is C73H118Br2Cl3F9N8O13S4. The molecule has 5 saturated heterocycles. The molecule has 5 aliphatic heterocycles. The van der Waals surface area contributed by atoms with E-state index in [1.165, 1.54) is 141 Å². The van der Waals surface area contributed by atoms with Gasteiger partial charge in [0.2, 0.25) is 23.0 Å². The number of carboxylic acid groups (broad SMARTS) is 1. The summed E-state index contributed by atoms with van der Waals surface area (Å²) in [6.45, 7) is 5.64. The van der Waals surface area contributed by atoms with Crippen LogP contribution in [0.5, 0.6) is 0 Å². The molecule has 3 amide bonds. The van der Waals surface area contributed by atoms with Crippen LogP contribution in [0.15, 0.2) is 36.5 Å². The molecule has 0 spiro atoms. The molecule has 112 heavy (non-hydrogen) atoms. The molecule has 0 aromatic heterocycles. The van der Waals surface area contributed by atoms with E-state index >= 15 is 0 Å². The van der Waals surface area contributed by atoms with Gasteiger partial charge >= 0.3 is 51.6 Å². The Kier molecular flexibility index (Phi) is 47.1. The first kappa shape index (κ1) is 102. The molecular weight excluding hydrogens is 1760 g/mol. The highest BCUT2D eigenvalue weighted by Crippen LogP contribution is 2.41.